The number of rotatable bonds is 3. The van der Waals surface area contributed by atoms with Crippen LogP contribution >= 0.6 is 23.2 Å². The molecule has 1 saturated carbocycles. The van der Waals surface area contributed by atoms with Gasteiger partial charge in [-0.15, -0.1) is 0 Å². The van der Waals surface area contributed by atoms with Gasteiger partial charge < -0.3 is 0 Å². The third-order valence-electron chi connectivity index (χ3n) is 4.71. The number of benzene rings is 1. The van der Waals surface area contributed by atoms with E-state index in [4.69, 9.17) is 23.2 Å². The van der Waals surface area contributed by atoms with Gasteiger partial charge in [0.2, 0.25) is 0 Å². The maximum atomic E-state index is 9.65. The summed E-state index contributed by atoms with van der Waals surface area (Å²) in [5.41, 5.74) is 0.795. The summed E-state index contributed by atoms with van der Waals surface area (Å²) in [4.78, 5) is 0. The lowest BCUT2D eigenvalue weighted by Crippen LogP contribution is -2.30. The molecule has 0 unspecified atom stereocenters. The van der Waals surface area contributed by atoms with Gasteiger partial charge in [-0.3, -0.25) is 0 Å². The minimum Gasteiger partial charge on any atom is -0.198 e. The molecule has 0 saturated heterocycles. The molecule has 0 radical (unpaired) electrons. The van der Waals surface area contributed by atoms with Crippen LogP contribution in [0.25, 0.3) is 0 Å². The summed E-state index contributed by atoms with van der Waals surface area (Å²) in [5, 5.41) is 11.0. The second-order valence-electron chi connectivity index (χ2n) is 6.39. The summed E-state index contributed by atoms with van der Waals surface area (Å²) < 4.78 is 0. The van der Waals surface area contributed by atoms with Crippen LogP contribution in [-0.4, -0.2) is 0 Å². The van der Waals surface area contributed by atoms with Gasteiger partial charge in [0, 0.05) is 10.0 Å². The molecule has 0 spiro atoms. The zero-order valence-electron chi connectivity index (χ0n) is 12.1. The van der Waals surface area contributed by atoms with Crippen LogP contribution in [0, 0.1) is 28.6 Å². The minimum absolute atomic E-state index is 0.247. The molecule has 1 fully saturated rings. The highest BCUT2D eigenvalue weighted by Gasteiger charge is 2.36. The van der Waals surface area contributed by atoms with Gasteiger partial charge in [-0.1, -0.05) is 43.1 Å². The predicted molar refractivity (Wildman–Crippen MR) is 85.0 cm³/mol. The fourth-order valence-electron chi connectivity index (χ4n) is 3.22. The first-order valence-electron chi connectivity index (χ1n) is 7.31. The average molecular weight is 310 g/mol. The number of nitriles is 1. The van der Waals surface area contributed by atoms with E-state index in [0.717, 1.165) is 43.6 Å². The first-order valence-corrected chi connectivity index (χ1v) is 8.06. The monoisotopic (exact) mass is 309 g/mol. The minimum atomic E-state index is -0.247. The highest BCUT2D eigenvalue weighted by atomic mass is 35.5. The third kappa shape index (κ3) is 3.48. The summed E-state index contributed by atoms with van der Waals surface area (Å²) in [5.74, 6) is 1.47. The lowest BCUT2D eigenvalue weighted by molar-refractivity contribution is 0.175. The van der Waals surface area contributed by atoms with Crippen molar-refractivity contribution in [1.82, 2.24) is 0 Å². The van der Waals surface area contributed by atoms with E-state index in [-0.39, 0.29) is 5.41 Å². The number of halogens is 2. The Labute approximate surface area is 131 Å². The largest absolute Gasteiger partial charge is 0.198 e. The van der Waals surface area contributed by atoms with Gasteiger partial charge in [0.15, 0.2) is 0 Å². The van der Waals surface area contributed by atoms with Crippen LogP contribution in [0.4, 0.5) is 0 Å². The highest BCUT2D eigenvalue weighted by molar-refractivity contribution is 6.35. The summed E-state index contributed by atoms with van der Waals surface area (Å²) in [6, 6.07) is 8.15. The van der Waals surface area contributed by atoms with Crippen molar-refractivity contribution < 1.29 is 0 Å². The van der Waals surface area contributed by atoms with Crippen LogP contribution in [0.5, 0.6) is 0 Å². The van der Waals surface area contributed by atoms with Gasteiger partial charge in [0.1, 0.15) is 0 Å². The van der Waals surface area contributed by atoms with Crippen molar-refractivity contribution in [2.75, 3.05) is 0 Å². The fraction of sp³-hybridized carbons (Fsp3) is 0.588. The summed E-state index contributed by atoms with van der Waals surface area (Å²) in [7, 11) is 0. The molecule has 0 bridgehead atoms. The number of hydrogen-bond acceptors (Lipinski definition) is 1. The van der Waals surface area contributed by atoms with Crippen molar-refractivity contribution in [3.63, 3.8) is 0 Å². The Bertz CT molecular complexity index is 508. The zero-order valence-corrected chi connectivity index (χ0v) is 13.6. The van der Waals surface area contributed by atoms with E-state index in [1.807, 2.05) is 12.1 Å². The lowest BCUT2D eigenvalue weighted by atomic mass is 9.66. The molecule has 1 aliphatic carbocycles. The first kappa shape index (κ1) is 15.7. The first-order chi connectivity index (χ1) is 9.46. The Morgan fingerprint density at radius 1 is 1.30 bits per heavy atom. The number of hydrogen-bond donors (Lipinski definition) is 0. The van der Waals surface area contributed by atoms with Gasteiger partial charge in [0.25, 0.3) is 0 Å². The Morgan fingerprint density at radius 2 is 1.95 bits per heavy atom. The van der Waals surface area contributed by atoms with E-state index in [0.29, 0.717) is 16.0 Å². The van der Waals surface area contributed by atoms with Crippen LogP contribution in [0.2, 0.25) is 10.0 Å². The standard InChI is InChI=1S/C17H21Cl2N/c1-12(2)13-5-7-17(11-20,8-6-13)10-14-3-4-15(18)9-16(14)19/h3-4,9,12-13H,5-8,10H2,1-2H3. The molecule has 0 amide bonds. The smallest absolute Gasteiger partial charge is 0.0693 e. The highest BCUT2D eigenvalue weighted by Crippen LogP contribution is 2.44. The summed E-state index contributed by atoms with van der Waals surface area (Å²) >= 11 is 12.2. The molecule has 108 valence electrons. The summed E-state index contributed by atoms with van der Waals surface area (Å²) in [6.07, 6.45) is 4.99. The van der Waals surface area contributed by atoms with Gasteiger partial charge in [-0.05, 0) is 61.6 Å². The van der Waals surface area contributed by atoms with Crippen molar-refractivity contribution in [1.29, 1.82) is 5.26 Å². The van der Waals surface area contributed by atoms with Gasteiger partial charge in [-0.25, -0.2) is 0 Å². The molecule has 3 heteroatoms. The molecule has 0 heterocycles. The Morgan fingerprint density at radius 3 is 2.45 bits per heavy atom. The zero-order chi connectivity index (χ0) is 14.8. The van der Waals surface area contributed by atoms with E-state index < -0.39 is 0 Å². The van der Waals surface area contributed by atoms with E-state index in [2.05, 4.69) is 19.9 Å². The van der Waals surface area contributed by atoms with Crippen LogP contribution in [0.15, 0.2) is 18.2 Å². The van der Waals surface area contributed by atoms with Crippen molar-refractivity contribution in [2.45, 2.75) is 46.0 Å². The van der Waals surface area contributed by atoms with Crippen molar-refractivity contribution in [3.8, 4) is 6.07 Å². The fourth-order valence-corrected chi connectivity index (χ4v) is 3.69. The van der Waals surface area contributed by atoms with E-state index >= 15 is 0 Å². The topological polar surface area (TPSA) is 23.8 Å². The van der Waals surface area contributed by atoms with Crippen LogP contribution in [0.3, 0.4) is 0 Å². The lowest BCUT2D eigenvalue weighted by Gasteiger charge is -2.36. The van der Waals surface area contributed by atoms with Crippen molar-refractivity contribution >= 4 is 23.2 Å². The van der Waals surface area contributed by atoms with Gasteiger partial charge >= 0.3 is 0 Å². The molecular formula is C17H21Cl2N. The Hall–Kier alpha value is -0.710. The SMILES string of the molecule is CC(C)C1CCC(C#N)(Cc2ccc(Cl)cc2Cl)CC1. The predicted octanol–water partition coefficient (Wildman–Crippen LogP) is 5.89. The maximum absolute atomic E-state index is 9.65. The van der Waals surface area contributed by atoms with E-state index in [1.165, 1.54) is 0 Å². The van der Waals surface area contributed by atoms with E-state index in [1.54, 1.807) is 6.07 Å². The molecule has 20 heavy (non-hydrogen) atoms. The van der Waals surface area contributed by atoms with E-state index in [9.17, 15) is 5.26 Å². The molecule has 0 N–H and O–H groups in total. The molecule has 1 aromatic carbocycles. The second kappa shape index (κ2) is 6.37. The molecule has 0 aromatic heterocycles. The van der Waals surface area contributed by atoms with Crippen LogP contribution < -0.4 is 0 Å². The summed E-state index contributed by atoms with van der Waals surface area (Å²) in [6.45, 7) is 4.56. The Balaban J connectivity index is 2.12. The normalized spacial score (nSPS) is 26.5. The molecule has 0 atom stereocenters. The van der Waals surface area contributed by atoms with Crippen LogP contribution in [-0.2, 0) is 6.42 Å². The average Bonchev–Trinajstić information content (AvgIpc) is 2.42. The molecule has 1 aliphatic rings. The molecule has 1 nitrogen and oxygen atoms in total. The third-order valence-corrected chi connectivity index (χ3v) is 5.30. The molecule has 1 aromatic rings. The maximum Gasteiger partial charge on any atom is 0.0693 e. The van der Waals surface area contributed by atoms with Crippen molar-refractivity contribution in [2.24, 2.45) is 17.3 Å². The van der Waals surface area contributed by atoms with Crippen LogP contribution in [0.1, 0.15) is 45.1 Å². The second-order valence-corrected chi connectivity index (χ2v) is 7.23. The molecule has 0 aliphatic heterocycles. The van der Waals surface area contributed by atoms with Gasteiger partial charge in [-0.2, -0.15) is 5.26 Å². The molecular weight excluding hydrogens is 289 g/mol. The quantitative estimate of drug-likeness (QED) is 0.682. The number of nitrogens with zero attached hydrogens (tertiary/aromatic N) is 1. The van der Waals surface area contributed by atoms with Crippen molar-refractivity contribution in [3.05, 3.63) is 33.8 Å². The Kier molecular flexibility index (Phi) is 4.99. The van der Waals surface area contributed by atoms with Gasteiger partial charge in [0.05, 0.1) is 11.5 Å². The molecule has 2 rings (SSSR count).